The SMILES string of the molecule is COC(=O)C[C@@H](C1=C(O)c2ccccc2C(=O)C1=O)c1ccc(OC)c2ccccc12. The predicted molar refractivity (Wildman–Crippen MR) is 115 cm³/mol. The Morgan fingerprint density at radius 1 is 0.871 bits per heavy atom. The number of allylic oxidation sites excluding steroid dienone is 1. The summed E-state index contributed by atoms with van der Waals surface area (Å²) in [4.78, 5) is 38.2. The van der Waals surface area contributed by atoms with Gasteiger partial charge in [0.2, 0.25) is 11.6 Å². The fourth-order valence-electron chi connectivity index (χ4n) is 4.10. The van der Waals surface area contributed by atoms with Crippen molar-refractivity contribution in [3.8, 4) is 5.75 Å². The lowest BCUT2D eigenvalue weighted by Crippen LogP contribution is -2.28. The van der Waals surface area contributed by atoms with Gasteiger partial charge in [0.05, 0.1) is 26.2 Å². The zero-order chi connectivity index (χ0) is 22.1. The third-order valence-electron chi connectivity index (χ3n) is 5.59. The average Bonchev–Trinajstić information content (AvgIpc) is 2.81. The summed E-state index contributed by atoms with van der Waals surface area (Å²) in [5.41, 5.74) is 0.924. The molecule has 156 valence electrons. The number of hydrogen-bond acceptors (Lipinski definition) is 6. The fraction of sp³-hybridized carbons (Fsp3) is 0.160. The first-order valence-corrected chi connectivity index (χ1v) is 9.72. The zero-order valence-electron chi connectivity index (χ0n) is 17.0. The Bertz CT molecular complexity index is 1250. The highest BCUT2D eigenvalue weighted by Crippen LogP contribution is 2.42. The smallest absolute Gasteiger partial charge is 0.306 e. The number of aliphatic hydroxyl groups is 1. The van der Waals surface area contributed by atoms with Gasteiger partial charge < -0.3 is 14.6 Å². The van der Waals surface area contributed by atoms with Gasteiger partial charge in [-0.05, 0) is 17.0 Å². The molecule has 1 atom stereocenters. The van der Waals surface area contributed by atoms with Crippen molar-refractivity contribution in [3.05, 3.63) is 82.9 Å². The molecule has 0 fully saturated rings. The molecule has 3 aromatic carbocycles. The highest BCUT2D eigenvalue weighted by molar-refractivity contribution is 6.52. The summed E-state index contributed by atoms with van der Waals surface area (Å²) in [7, 11) is 2.81. The number of ether oxygens (including phenoxy) is 2. The molecular weight excluding hydrogens is 396 g/mol. The van der Waals surface area contributed by atoms with E-state index in [4.69, 9.17) is 9.47 Å². The van der Waals surface area contributed by atoms with Crippen LogP contribution in [0.25, 0.3) is 16.5 Å². The third-order valence-corrected chi connectivity index (χ3v) is 5.59. The molecule has 1 N–H and O–H groups in total. The van der Waals surface area contributed by atoms with Gasteiger partial charge in [0.15, 0.2) is 0 Å². The lowest BCUT2D eigenvalue weighted by Gasteiger charge is -2.25. The van der Waals surface area contributed by atoms with E-state index in [9.17, 15) is 19.5 Å². The molecule has 4 rings (SSSR count). The third kappa shape index (κ3) is 3.36. The van der Waals surface area contributed by atoms with Crippen LogP contribution in [0.2, 0.25) is 0 Å². The van der Waals surface area contributed by atoms with E-state index >= 15 is 0 Å². The second kappa shape index (κ2) is 8.07. The topological polar surface area (TPSA) is 89.9 Å². The normalized spacial score (nSPS) is 14.4. The van der Waals surface area contributed by atoms with E-state index in [-0.39, 0.29) is 28.9 Å². The quantitative estimate of drug-likeness (QED) is 0.495. The van der Waals surface area contributed by atoms with Gasteiger partial charge in [-0.3, -0.25) is 14.4 Å². The molecule has 0 radical (unpaired) electrons. The Morgan fingerprint density at radius 3 is 2.19 bits per heavy atom. The lowest BCUT2D eigenvalue weighted by molar-refractivity contribution is -0.140. The summed E-state index contributed by atoms with van der Waals surface area (Å²) < 4.78 is 10.3. The number of methoxy groups -OCH3 is 2. The molecule has 0 bridgehead atoms. The van der Waals surface area contributed by atoms with Crippen molar-refractivity contribution in [1.29, 1.82) is 0 Å². The molecule has 1 aliphatic carbocycles. The Morgan fingerprint density at radius 2 is 1.52 bits per heavy atom. The van der Waals surface area contributed by atoms with Crippen molar-refractivity contribution in [2.75, 3.05) is 14.2 Å². The Labute approximate surface area is 178 Å². The summed E-state index contributed by atoms with van der Waals surface area (Å²) in [6, 6.07) is 17.3. The number of benzene rings is 3. The maximum absolute atomic E-state index is 13.1. The van der Waals surface area contributed by atoms with Gasteiger partial charge in [-0.25, -0.2) is 0 Å². The number of Topliss-reactive ketones (excluding diaryl/α,β-unsaturated/α-hetero) is 2. The van der Waals surface area contributed by atoms with Crippen LogP contribution < -0.4 is 4.74 Å². The van der Waals surface area contributed by atoms with Crippen LogP contribution in [0.4, 0.5) is 0 Å². The van der Waals surface area contributed by atoms with Crippen LogP contribution in [0.3, 0.4) is 0 Å². The van der Waals surface area contributed by atoms with Gasteiger partial charge in [0.1, 0.15) is 11.5 Å². The van der Waals surface area contributed by atoms with E-state index in [2.05, 4.69) is 0 Å². The second-order valence-electron chi connectivity index (χ2n) is 7.20. The van der Waals surface area contributed by atoms with Crippen molar-refractivity contribution in [3.63, 3.8) is 0 Å². The van der Waals surface area contributed by atoms with Crippen molar-refractivity contribution >= 4 is 34.1 Å². The van der Waals surface area contributed by atoms with Gasteiger partial charge in [-0.1, -0.05) is 54.6 Å². The molecule has 0 heterocycles. The Balaban J connectivity index is 2.00. The predicted octanol–water partition coefficient (Wildman–Crippen LogP) is 4.23. The zero-order valence-corrected chi connectivity index (χ0v) is 17.0. The van der Waals surface area contributed by atoms with Gasteiger partial charge in [0.25, 0.3) is 0 Å². The maximum Gasteiger partial charge on any atom is 0.306 e. The molecule has 0 saturated carbocycles. The monoisotopic (exact) mass is 416 g/mol. The van der Waals surface area contributed by atoms with Crippen LogP contribution in [0, 0.1) is 0 Å². The molecule has 6 nitrogen and oxygen atoms in total. The number of esters is 1. The largest absolute Gasteiger partial charge is 0.507 e. The summed E-state index contributed by atoms with van der Waals surface area (Å²) in [5.74, 6) is -2.65. The first-order valence-electron chi connectivity index (χ1n) is 9.72. The van der Waals surface area contributed by atoms with Crippen LogP contribution in [-0.4, -0.2) is 36.9 Å². The van der Waals surface area contributed by atoms with Crippen molar-refractivity contribution in [2.24, 2.45) is 0 Å². The molecular formula is C25H20O6. The molecule has 6 heteroatoms. The number of carbonyl (C=O) groups excluding carboxylic acids is 3. The van der Waals surface area contributed by atoms with Gasteiger partial charge in [0, 0.05) is 22.4 Å². The van der Waals surface area contributed by atoms with Crippen LogP contribution in [-0.2, 0) is 14.3 Å². The van der Waals surface area contributed by atoms with Crippen molar-refractivity contribution in [1.82, 2.24) is 0 Å². The number of fused-ring (bicyclic) bond motifs is 2. The van der Waals surface area contributed by atoms with E-state index in [1.54, 1.807) is 37.4 Å². The van der Waals surface area contributed by atoms with Crippen molar-refractivity contribution < 1.29 is 29.0 Å². The maximum atomic E-state index is 13.1. The summed E-state index contributed by atoms with van der Waals surface area (Å²) in [5, 5.41) is 12.6. The van der Waals surface area contributed by atoms with Crippen LogP contribution in [0.1, 0.15) is 33.8 Å². The van der Waals surface area contributed by atoms with E-state index in [0.29, 0.717) is 11.3 Å². The number of ketones is 2. The molecule has 1 aliphatic rings. The molecule has 0 saturated heterocycles. The van der Waals surface area contributed by atoms with Crippen molar-refractivity contribution in [2.45, 2.75) is 12.3 Å². The Kier molecular flexibility index (Phi) is 5.29. The highest BCUT2D eigenvalue weighted by atomic mass is 16.5. The molecule has 0 aromatic heterocycles. The van der Waals surface area contributed by atoms with Crippen LogP contribution in [0.15, 0.2) is 66.2 Å². The lowest BCUT2D eigenvalue weighted by atomic mass is 9.77. The molecule has 0 amide bonds. The molecule has 0 unspecified atom stereocenters. The number of carbonyl (C=O) groups is 3. The molecule has 3 aromatic rings. The number of aliphatic hydroxyl groups excluding tert-OH is 1. The second-order valence-corrected chi connectivity index (χ2v) is 7.20. The fourth-order valence-corrected chi connectivity index (χ4v) is 4.10. The number of rotatable bonds is 5. The van der Waals surface area contributed by atoms with Crippen LogP contribution >= 0.6 is 0 Å². The standard InChI is InChI=1S/C25H20O6/c1-30-20-12-11-15(14-7-3-4-8-16(14)20)19(13-21(26)31-2)22-23(27)17-9-5-6-10-18(17)24(28)25(22)29/h3-12,19,27H,13H2,1-2H3/t19-/m1/s1. The minimum Gasteiger partial charge on any atom is -0.507 e. The van der Waals surface area contributed by atoms with Gasteiger partial charge in [-0.2, -0.15) is 0 Å². The first-order chi connectivity index (χ1) is 15.0. The molecule has 31 heavy (non-hydrogen) atoms. The first kappa shape index (κ1) is 20.3. The molecule has 0 spiro atoms. The van der Waals surface area contributed by atoms with Crippen LogP contribution in [0.5, 0.6) is 5.75 Å². The van der Waals surface area contributed by atoms with E-state index in [1.165, 1.54) is 13.2 Å². The summed E-state index contributed by atoms with van der Waals surface area (Å²) in [6.07, 6.45) is -0.215. The minimum absolute atomic E-state index is 0.107. The van der Waals surface area contributed by atoms with E-state index in [1.807, 2.05) is 24.3 Å². The molecule has 0 aliphatic heterocycles. The van der Waals surface area contributed by atoms with E-state index < -0.39 is 23.5 Å². The summed E-state index contributed by atoms with van der Waals surface area (Å²) in [6.45, 7) is 0. The van der Waals surface area contributed by atoms with Gasteiger partial charge in [-0.15, -0.1) is 0 Å². The Hall–Kier alpha value is -3.93. The minimum atomic E-state index is -0.881. The summed E-state index contributed by atoms with van der Waals surface area (Å²) >= 11 is 0. The average molecular weight is 416 g/mol. The highest BCUT2D eigenvalue weighted by Gasteiger charge is 2.39. The number of hydrogen-bond donors (Lipinski definition) is 1. The van der Waals surface area contributed by atoms with Gasteiger partial charge >= 0.3 is 5.97 Å². The van der Waals surface area contributed by atoms with E-state index in [0.717, 1.165) is 10.8 Å².